The summed E-state index contributed by atoms with van der Waals surface area (Å²) >= 11 is 0. The molecule has 0 N–H and O–H groups in total. The van der Waals surface area contributed by atoms with Crippen LogP contribution in [0.15, 0.2) is 0 Å². The highest BCUT2D eigenvalue weighted by atomic mass is 16.5. The van der Waals surface area contributed by atoms with Crippen LogP contribution in [0.3, 0.4) is 0 Å². The van der Waals surface area contributed by atoms with Crippen molar-refractivity contribution in [3.8, 4) is 0 Å². The number of esters is 2. The van der Waals surface area contributed by atoms with Crippen molar-refractivity contribution in [1.82, 2.24) is 0 Å². The Morgan fingerprint density at radius 2 is 1.59 bits per heavy atom. The van der Waals surface area contributed by atoms with Crippen LogP contribution >= 0.6 is 0 Å². The van der Waals surface area contributed by atoms with E-state index in [0.29, 0.717) is 25.6 Å². The van der Waals surface area contributed by atoms with E-state index < -0.39 is 0 Å². The van der Waals surface area contributed by atoms with Gasteiger partial charge in [0.15, 0.2) is 0 Å². The standard InChI is InChI=1S/C18H34O4/c1-5-7-8-9-12-22-18(20)16(6-2)14-17(19)21-13-10-11-15(3)4/h15-16H,5-14H2,1-4H3. The predicted octanol–water partition coefficient (Wildman–Crippen LogP) is 4.51. The summed E-state index contributed by atoms with van der Waals surface area (Å²) in [5.74, 6) is -0.315. The van der Waals surface area contributed by atoms with Crippen molar-refractivity contribution >= 4 is 11.9 Å². The topological polar surface area (TPSA) is 52.6 Å². The molecular formula is C18H34O4. The van der Waals surface area contributed by atoms with Gasteiger partial charge in [0.25, 0.3) is 0 Å². The molecule has 0 fully saturated rings. The number of ether oxygens (including phenoxy) is 2. The summed E-state index contributed by atoms with van der Waals surface area (Å²) in [7, 11) is 0. The minimum atomic E-state index is -0.372. The first kappa shape index (κ1) is 20.9. The zero-order valence-electron chi connectivity index (χ0n) is 14.9. The van der Waals surface area contributed by atoms with Gasteiger partial charge in [0.1, 0.15) is 0 Å². The van der Waals surface area contributed by atoms with Gasteiger partial charge in [0.2, 0.25) is 0 Å². The first-order valence-electron chi connectivity index (χ1n) is 8.83. The van der Waals surface area contributed by atoms with Gasteiger partial charge in [-0.1, -0.05) is 47.0 Å². The molecule has 1 unspecified atom stereocenters. The molecule has 0 aromatic carbocycles. The summed E-state index contributed by atoms with van der Waals surface area (Å²) in [6.45, 7) is 9.23. The van der Waals surface area contributed by atoms with Gasteiger partial charge in [-0.05, 0) is 31.6 Å². The molecule has 1 atom stereocenters. The van der Waals surface area contributed by atoms with Crippen LogP contribution in [0.25, 0.3) is 0 Å². The van der Waals surface area contributed by atoms with E-state index in [1.165, 1.54) is 0 Å². The van der Waals surface area contributed by atoms with Gasteiger partial charge in [-0.25, -0.2) is 0 Å². The summed E-state index contributed by atoms with van der Waals surface area (Å²) in [5.41, 5.74) is 0. The summed E-state index contributed by atoms with van der Waals surface area (Å²) < 4.78 is 10.4. The van der Waals surface area contributed by atoms with E-state index >= 15 is 0 Å². The summed E-state index contributed by atoms with van der Waals surface area (Å²) in [4.78, 5) is 23.7. The Balaban J connectivity index is 3.87. The molecule has 4 heteroatoms. The van der Waals surface area contributed by atoms with Crippen molar-refractivity contribution in [3.63, 3.8) is 0 Å². The second-order valence-corrected chi connectivity index (χ2v) is 6.29. The van der Waals surface area contributed by atoms with Crippen LogP contribution in [0.5, 0.6) is 0 Å². The molecule has 0 saturated heterocycles. The number of hydrogen-bond acceptors (Lipinski definition) is 4. The van der Waals surface area contributed by atoms with Gasteiger partial charge >= 0.3 is 11.9 Å². The fourth-order valence-electron chi connectivity index (χ4n) is 2.15. The van der Waals surface area contributed by atoms with Crippen molar-refractivity contribution in [2.45, 2.75) is 79.1 Å². The molecule has 0 aliphatic carbocycles. The molecule has 0 spiro atoms. The maximum Gasteiger partial charge on any atom is 0.309 e. The quantitative estimate of drug-likeness (QED) is 0.371. The molecule has 0 aliphatic rings. The Hall–Kier alpha value is -1.06. The van der Waals surface area contributed by atoms with Crippen LogP contribution in [-0.4, -0.2) is 25.2 Å². The van der Waals surface area contributed by atoms with Gasteiger partial charge in [0.05, 0.1) is 25.6 Å². The molecular weight excluding hydrogens is 280 g/mol. The molecule has 0 aromatic rings. The summed E-state index contributed by atoms with van der Waals surface area (Å²) in [6, 6.07) is 0. The molecule has 0 rings (SSSR count). The number of carbonyl (C=O) groups is 2. The smallest absolute Gasteiger partial charge is 0.309 e. The first-order chi connectivity index (χ1) is 10.5. The Kier molecular flexibility index (Phi) is 12.9. The van der Waals surface area contributed by atoms with E-state index in [4.69, 9.17) is 9.47 Å². The number of hydrogen-bond donors (Lipinski definition) is 0. The van der Waals surface area contributed by atoms with E-state index in [0.717, 1.165) is 38.5 Å². The maximum absolute atomic E-state index is 11.9. The number of carbonyl (C=O) groups excluding carboxylic acids is 2. The van der Waals surface area contributed by atoms with Crippen molar-refractivity contribution in [3.05, 3.63) is 0 Å². The zero-order valence-corrected chi connectivity index (χ0v) is 14.9. The van der Waals surface area contributed by atoms with Gasteiger partial charge in [-0.3, -0.25) is 9.59 Å². The maximum atomic E-state index is 11.9. The molecule has 0 bridgehead atoms. The largest absolute Gasteiger partial charge is 0.466 e. The molecule has 22 heavy (non-hydrogen) atoms. The average Bonchev–Trinajstić information content (AvgIpc) is 2.48. The van der Waals surface area contributed by atoms with E-state index in [9.17, 15) is 9.59 Å². The van der Waals surface area contributed by atoms with E-state index in [1.54, 1.807) is 0 Å². The molecule has 0 aromatic heterocycles. The second kappa shape index (κ2) is 13.6. The number of rotatable bonds is 13. The predicted molar refractivity (Wildman–Crippen MR) is 88.5 cm³/mol. The fraction of sp³-hybridized carbons (Fsp3) is 0.889. The molecule has 0 radical (unpaired) electrons. The highest BCUT2D eigenvalue weighted by molar-refractivity contribution is 5.79. The molecule has 4 nitrogen and oxygen atoms in total. The third kappa shape index (κ3) is 11.6. The van der Waals surface area contributed by atoms with E-state index in [2.05, 4.69) is 20.8 Å². The third-order valence-corrected chi connectivity index (χ3v) is 3.67. The highest BCUT2D eigenvalue weighted by Crippen LogP contribution is 2.13. The van der Waals surface area contributed by atoms with E-state index in [1.807, 2.05) is 6.92 Å². The summed E-state index contributed by atoms with van der Waals surface area (Å²) in [5, 5.41) is 0. The molecule has 0 heterocycles. The lowest BCUT2D eigenvalue weighted by Crippen LogP contribution is -2.22. The van der Waals surface area contributed by atoms with Crippen LogP contribution in [-0.2, 0) is 19.1 Å². The molecule has 0 saturated carbocycles. The van der Waals surface area contributed by atoms with Gasteiger partial charge in [0, 0.05) is 0 Å². The van der Waals surface area contributed by atoms with Crippen LogP contribution in [0.1, 0.15) is 79.1 Å². The average molecular weight is 314 g/mol. The Bertz CT molecular complexity index is 299. The van der Waals surface area contributed by atoms with Crippen LogP contribution in [0.4, 0.5) is 0 Å². The van der Waals surface area contributed by atoms with Crippen LogP contribution in [0.2, 0.25) is 0 Å². The normalized spacial score (nSPS) is 12.2. The number of unbranched alkanes of at least 4 members (excludes halogenated alkanes) is 3. The molecule has 130 valence electrons. The lowest BCUT2D eigenvalue weighted by atomic mass is 10.0. The Morgan fingerprint density at radius 1 is 0.909 bits per heavy atom. The first-order valence-corrected chi connectivity index (χ1v) is 8.83. The van der Waals surface area contributed by atoms with Crippen molar-refractivity contribution in [2.75, 3.05) is 13.2 Å². The second-order valence-electron chi connectivity index (χ2n) is 6.29. The third-order valence-electron chi connectivity index (χ3n) is 3.67. The van der Waals surface area contributed by atoms with Crippen molar-refractivity contribution in [2.24, 2.45) is 11.8 Å². The Labute approximate surface area is 135 Å². The molecule has 0 amide bonds. The van der Waals surface area contributed by atoms with Crippen LogP contribution < -0.4 is 0 Å². The van der Waals surface area contributed by atoms with E-state index in [-0.39, 0.29) is 24.3 Å². The van der Waals surface area contributed by atoms with Gasteiger partial charge in [-0.15, -0.1) is 0 Å². The lowest BCUT2D eigenvalue weighted by molar-refractivity contribution is -0.155. The fourth-order valence-corrected chi connectivity index (χ4v) is 2.15. The minimum Gasteiger partial charge on any atom is -0.466 e. The molecule has 0 aliphatic heterocycles. The van der Waals surface area contributed by atoms with Crippen molar-refractivity contribution < 1.29 is 19.1 Å². The zero-order chi connectivity index (χ0) is 16.8. The van der Waals surface area contributed by atoms with Crippen LogP contribution in [0, 0.1) is 11.8 Å². The summed E-state index contributed by atoms with van der Waals surface area (Å²) in [6.07, 6.45) is 6.97. The monoisotopic (exact) mass is 314 g/mol. The van der Waals surface area contributed by atoms with Gasteiger partial charge < -0.3 is 9.47 Å². The highest BCUT2D eigenvalue weighted by Gasteiger charge is 2.22. The van der Waals surface area contributed by atoms with Crippen molar-refractivity contribution in [1.29, 1.82) is 0 Å². The van der Waals surface area contributed by atoms with Gasteiger partial charge in [-0.2, -0.15) is 0 Å². The minimum absolute atomic E-state index is 0.131. The SMILES string of the molecule is CCCCCCOC(=O)C(CC)CC(=O)OCCCC(C)C. The lowest BCUT2D eigenvalue weighted by Gasteiger charge is -2.14. The Morgan fingerprint density at radius 3 is 2.18 bits per heavy atom.